The molecule has 0 aliphatic carbocycles. The molecule has 0 aliphatic rings. The minimum atomic E-state index is -0.821. The number of rotatable bonds is 8. The van der Waals surface area contributed by atoms with E-state index in [1.54, 1.807) is 24.1 Å². The van der Waals surface area contributed by atoms with Gasteiger partial charge in [0.15, 0.2) is 0 Å². The summed E-state index contributed by atoms with van der Waals surface area (Å²) in [7, 11) is 1.75. The molecule has 6 nitrogen and oxygen atoms in total. The molecule has 3 aromatic carbocycles. The number of aromatic nitrogens is 2. The van der Waals surface area contributed by atoms with E-state index < -0.39 is 5.97 Å². The SMILES string of the molecule is CN(Cc1nc2ccccc2[nH]1)C(=O)c1ccc(CC(CC(=O)O)c2ccccc2)cc1. The summed E-state index contributed by atoms with van der Waals surface area (Å²) in [6, 6.07) is 24.9. The molecule has 0 fully saturated rings. The zero-order valence-corrected chi connectivity index (χ0v) is 17.9. The first kappa shape index (κ1) is 21.3. The summed E-state index contributed by atoms with van der Waals surface area (Å²) in [6.45, 7) is 0.379. The average Bonchev–Trinajstić information content (AvgIpc) is 3.21. The Hall–Kier alpha value is -3.93. The summed E-state index contributed by atoms with van der Waals surface area (Å²) in [4.78, 5) is 33.6. The van der Waals surface area contributed by atoms with E-state index in [-0.39, 0.29) is 18.2 Å². The molecule has 4 aromatic rings. The van der Waals surface area contributed by atoms with Gasteiger partial charge in [0, 0.05) is 12.6 Å². The predicted octanol–water partition coefficient (Wildman–Crippen LogP) is 4.64. The monoisotopic (exact) mass is 427 g/mol. The molecule has 32 heavy (non-hydrogen) atoms. The van der Waals surface area contributed by atoms with Crippen molar-refractivity contribution in [2.24, 2.45) is 0 Å². The molecule has 4 rings (SSSR count). The van der Waals surface area contributed by atoms with Crippen LogP contribution in [0.15, 0.2) is 78.9 Å². The number of amides is 1. The summed E-state index contributed by atoms with van der Waals surface area (Å²) in [6.07, 6.45) is 0.657. The molecule has 6 heteroatoms. The fraction of sp³-hybridized carbons (Fsp3) is 0.192. The van der Waals surface area contributed by atoms with Gasteiger partial charge in [0.05, 0.1) is 24.0 Å². The number of carbonyl (C=O) groups excluding carboxylic acids is 1. The highest BCUT2D eigenvalue weighted by Gasteiger charge is 2.18. The fourth-order valence-corrected chi connectivity index (χ4v) is 3.91. The molecule has 0 saturated heterocycles. The zero-order chi connectivity index (χ0) is 22.5. The van der Waals surface area contributed by atoms with Crippen LogP contribution in [0.1, 0.15) is 39.6 Å². The maximum Gasteiger partial charge on any atom is 0.303 e. The highest BCUT2D eigenvalue weighted by atomic mass is 16.4. The minimum absolute atomic E-state index is 0.0605. The van der Waals surface area contributed by atoms with Gasteiger partial charge in [0.2, 0.25) is 0 Å². The molecule has 0 aliphatic heterocycles. The summed E-state index contributed by atoms with van der Waals surface area (Å²) in [5.41, 5.74) is 4.41. The van der Waals surface area contributed by atoms with Crippen molar-refractivity contribution in [1.82, 2.24) is 14.9 Å². The molecule has 1 unspecified atom stereocenters. The van der Waals surface area contributed by atoms with E-state index in [9.17, 15) is 14.7 Å². The van der Waals surface area contributed by atoms with Crippen LogP contribution >= 0.6 is 0 Å². The van der Waals surface area contributed by atoms with Crippen molar-refractivity contribution in [3.05, 3.63) is 101 Å². The number of nitrogens with one attached hydrogen (secondary N) is 1. The number of para-hydroxylation sites is 2. The lowest BCUT2D eigenvalue weighted by Gasteiger charge is -2.17. The lowest BCUT2D eigenvalue weighted by Crippen LogP contribution is -2.26. The molecule has 0 spiro atoms. The number of imidazole rings is 1. The Kier molecular flexibility index (Phi) is 6.31. The van der Waals surface area contributed by atoms with Gasteiger partial charge >= 0.3 is 5.97 Å². The van der Waals surface area contributed by atoms with E-state index in [1.165, 1.54) is 0 Å². The third kappa shape index (κ3) is 5.03. The van der Waals surface area contributed by atoms with Gasteiger partial charge in [0.25, 0.3) is 5.91 Å². The van der Waals surface area contributed by atoms with Crippen molar-refractivity contribution in [2.75, 3.05) is 7.05 Å². The van der Waals surface area contributed by atoms with Gasteiger partial charge in [0.1, 0.15) is 5.82 Å². The molecule has 1 aromatic heterocycles. The maximum absolute atomic E-state index is 12.9. The van der Waals surface area contributed by atoms with Crippen molar-refractivity contribution in [2.45, 2.75) is 25.3 Å². The summed E-state index contributed by atoms with van der Waals surface area (Å²) in [5.74, 6) is -0.302. The minimum Gasteiger partial charge on any atom is -0.481 e. The molecule has 162 valence electrons. The van der Waals surface area contributed by atoms with Gasteiger partial charge in [-0.2, -0.15) is 0 Å². The largest absolute Gasteiger partial charge is 0.481 e. The van der Waals surface area contributed by atoms with Crippen LogP contribution in [0.5, 0.6) is 0 Å². The molecule has 1 atom stereocenters. The quantitative estimate of drug-likeness (QED) is 0.429. The Morgan fingerprint density at radius 2 is 1.66 bits per heavy atom. The number of carboxylic acids is 1. The average molecular weight is 428 g/mol. The molecule has 0 bridgehead atoms. The first-order chi connectivity index (χ1) is 15.5. The molecule has 0 radical (unpaired) electrons. The number of hydrogen-bond acceptors (Lipinski definition) is 3. The normalized spacial score (nSPS) is 11.9. The molecule has 1 heterocycles. The van der Waals surface area contributed by atoms with E-state index in [0.717, 1.165) is 28.0 Å². The standard InChI is InChI=1S/C26H25N3O3/c1-29(17-24-27-22-9-5-6-10-23(22)28-24)26(32)20-13-11-18(12-14-20)15-21(16-25(30)31)19-7-3-2-4-8-19/h2-14,21H,15-17H2,1H3,(H,27,28)(H,30,31). The number of aliphatic carboxylic acids is 1. The number of nitrogens with zero attached hydrogens (tertiary/aromatic N) is 2. The lowest BCUT2D eigenvalue weighted by molar-refractivity contribution is -0.137. The van der Waals surface area contributed by atoms with Crippen molar-refractivity contribution in [3.63, 3.8) is 0 Å². The van der Waals surface area contributed by atoms with E-state index in [1.807, 2.05) is 66.7 Å². The summed E-state index contributed by atoms with van der Waals surface area (Å²) >= 11 is 0. The number of fused-ring (bicyclic) bond motifs is 1. The van der Waals surface area contributed by atoms with Crippen LogP contribution in [0.3, 0.4) is 0 Å². The highest BCUT2D eigenvalue weighted by molar-refractivity contribution is 5.94. The van der Waals surface area contributed by atoms with Gasteiger partial charge < -0.3 is 15.0 Å². The Morgan fingerprint density at radius 3 is 2.34 bits per heavy atom. The van der Waals surface area contributed by atoms with Crippen LogP contribution in [0.4, 0.5) is 0 Å². The number of hydrogen-bond donors (Lipinski definition) is 2. The number of carbonyl (C=O) groups is 2. The molecule has 1 amide bonds. The molecule has 2 N–H and O–H groups in total. The van der Waals surface area contributed by atoms with E-state index in [4.69, 9.17) is 0 Å². The number of H-pyrrole nitrogens is 1. The van der Waals surface area contributed by atoms with Gasteiger partial charge in [-0.3, -0.25) is 9.59 Å². The molecule has 0 saturated carbocycles. The third-order valence-corrected chi connectivity index (χ3v) is 5.55. The van der Waals surface area contributed by atoms with E-state index >= 15 is 0 Å². The topological polar surface area (TPSA) is 86.3 Å². The van der Waals surface area contributed by atoms with Crippen LogP contribution in [0, 0.1) is 0 Å². The van der Waals surface area contributed by atoms with Crippen molar-refractivity contribution >= 4 is 22.9 Å². The second kappa shape index (κ2) is 9.47. The molecular formula is C26H25N3O3. The van der Waals surface area contributed by atoms with Gasteiger partial charge in [-0.15, -0.1) is 0 Å². The Bertz CT molecular complexity index is 1180. The second-order valence-electron chi connectivity index (χ2n) is 7.97. The van der Waals surface area contributed by atoms with E-state index in [2.05, 4.69) is 9.97 Å². The van der Waals surface area contributed by atoms with Gasteiger partial charge in [-0.1, -0.05) is 54.6 Å². The van der Waals surface area contributed by atoms with Crippen molar-refractivity contribution in [1.29, 1.82) is 0 Å². The van der Waals surface area contributed by atoms with Crippen molar-refractivity contribution < 1.29 is 14.7 Å². The Labute approximate surface area is 186 Å². The predicted molar refractivity (Wildman–Crippen MR) is 123 cm³/mol. The Morgan fingerprint density at radius 1 is 0.969 bits per heavy atom. The summed E-state index contributed by atoms with van der Waals surface area (Å²) in [5, 5.41) is 9.31. The zero-order valence-electron chi connectivity index (χ0n) is 17.9. The smallest absolute Gasteiger partial charge is 0.303 e. The lowest BCUT2D eigenvalue weighted by atomic mass is 9.89. The van der Waals surface area contributed by atoms with Gasteiger partial charge in [-0.05, 0) is 47.7 Å². The van der Waals surface area contributed by atoms with Crippen LogP contribution in [0.2, 0.25) is 0 Å². The van der Waals surface area contributed by atoms with Gasteiger partial charge in [-0.25, -0.2) is 4.98 Å². The third-order valence-electron chi connectivity index (χ3n) is 5.55. The van der Waals surface area contributed by atoms with Crippen LogP contribution in [0.25, 0.3) is 11.0 Å². The first-order valence-electron chi connectivity index (χ1n) is 10.5. The number of benzene rings is 3. The van der Waals surface area contributed by atoms with Crippen LogP contribution < -0.4 is 0 Å². The first-order valence-corrected chi connectivity index (χ1v) is 10.5. The summed E-state index contributed by atoms with van der Waals surface area (Å²) < 4.78 is 0. The molecular weight excluding hydrogens is 402 g/mol. The fourth-order valence-electron chi connectivity index (χ4n) is 3.91. The second-order valence-corrected chi connectivity index (χ2v) is 7.97. The number of aromatic amines is 1. The highest BCUT2D eigenvalue weighted by Crippen LogP contribution is 2.25. The van der Waals surface area contributed by atoms with Crippen LogP contribution in [-0.2, 0) is 17.8 Å². The van der Waals surface area contributed by atoms with Crippen molar-refractivity contribution in [3.8, 4) is 0 Å². The van der Waals surface area contributed by atoms with E-state index in [0.29, 0.717) is 18.5 Å². The van der Waals surface area contributed by atoms with Crippen LogP contribution in [-0.4, -0.2) is 38.9 Å². The Balaban J connectivity index is 1.43. The number of carboxylic acid groups (broad SMARTS) is 1. The maximum atomic E-state index is 12.9.